The first kappa shape index (κ1) is 43.0. The van der Waals surface area contributed by atoms with Crippen molar-refractivity contribution in [3.05, 3.63) is 211 Å². The minimum atomic E-state index is -0.467. The summed E-state index contributed by atoms with van der Waals surface area (Å²) >= 11 is 0. The Morgan fingerprint density at radius 2 is 1.09 bits per heavy atom. The minimum Gasteiger partial charge on any atom is -0.493 e. The molecule has 0 amide bonds. The SMILES string of the molecule is CC(C)(C)c1cc(N2[CH-]N(c3c(-c4ccccc4)cccc3-c3ccccc3)c3ccccc32)[c-]c(C(C)(C)c2[c-]c3c(cc2)c2ccccc2n3-c2cc(C(C)(C)C)ccn2)c1.[Pt]. The summed E-state index contributed by atoms with van der Waals surface area (Å²) in [7, 11) is 0. The molecule has 0 saturated carbocycles. The van der Waals surface area contributed by atoms with Gasteiger partial charge in [0.2, 0.25) is 0 Å². The predicted molar refractivity (Wildman–Crippen MR) is 265 cm³/mol. The van der Waals surface area contributed by atoms with E-state index in [0.717, 1.165) is 56.1 Å². The number of benzene rings is 7. The van der Waals surface area contributed by atoms with Crippen LogP contribution in [0.25, 0.3) is 49.9 Å². The monoisotopic (exact) mass is 1010 g/mol. The molecule has 5 heteroatoms. The molecule has 7 aromatic carbocycles. The molecular formula is C59H53N4Pt-3. The van der Waals surface area contributed by atoms with Crippen LogP contribution in [-0.4, -0.2) is 9.55 Å². The molecule has 0 saturated heterocycles. The number of fused-ring (bicyclic) bond motifs is 4. The van der Waals surface area contributed by atoms with Crippen LogP contribution in [0.3, 0.4) is 0 Å². The summed E-state index contributed by atoms with van der Waals surface area (Å²) < 4.78 is 2.29. The Balaban J connectivity index is 0.00000518. The average molecular weight is 1010 g/mol. The number of pyridine rings is 1. The van der Waals surface area contributed by atoms with Gasteiger partial charge in [-0.3, -0.25) is 0 Å². The van der Waals surface area contributed by atoms with Crippen molar-refractivity contribution in [1.82, 2.24) is 9.55 Å². The summed E-state index contributed by atoms with van der Waals surface area (Å²) in [5.41, 5.74) is 15.3. The number of rotatable bonds is 7. The van der Waals surface area contributed by atoms with Crippen LogP contribution in [0.5, 0.6) is 0 Å². The normalized spacial score (nSPS) is 13.1. The average Bonchev–Trinajstić information content (AvgIpc) is 3.85. The zero-order valence-electron chi connectivity index (χ0n) is 37.8. The zero-order valence-corrected chi connectivity index (χ0v) is 40.1. The Bertz CT molecular complexity index is 3090. The van der Waals surface area contributed by atoms with Crippen LogP contribution < -0.4 is 9.80 Å². The Labute approximate surface area is 393 Å². The summed E-state index contributed by atoms with van der Waals surface area (Å²) in [4.78, 5) is 9.67. The number of para-hydroxylation sites is 4. The summed E-state index contributed by atoms with van der Waals surface area (Å²) in [6.07, 6.45) is 1.94. The van der Waals surface area contributed by atoms with Crippen LogP contribution in [0.15, 0.2) is 170 Å². The maximum Gasteiger partial charge on any atom is 0.135 e. The van der Waals surface area contributed by atoms with Gasteiger partial charge in [-0.1, -0.05) is 170 Å². The third-order valence-corrected chi connectivity index (χ3v) is 12.8. The molecular weight excluding hydrogens is 960 g/mol. The number of hydrogen-bond acceptors (Lipinski definition) is 3. The molecule has 4 nitrogen and oxygen atoms in total. The molecule has 322 valence electrons. The Kier molecular flexibility index (Phi) is 11.0. The Morgan fingerprint density at radius 3 is 1.73 bits per heavy atom. The maximum atomic E-state index is 4.96. The van der Waals surface area contributed by atoms with Crippen molar-refractivity contribution >= 4 is 44.6 Å². The second-order valence-corrected chi connectivity index (χ2v) is 19.5. The largest absolute Gasteiger partial charge is 0.493 e. The predicted octanol–water partition coefficient (Wildman–Crippen LogP) is 15.4. The van der Waals surface area contributed by atoms with Crippen molar-refractivity contribution in [2.75, 3.05) is 9.80 Å². The van der Waals surface area contributed by atoms with Gasteiger partial charge in [0.15, 0.2) is 0 Å². The standard InChI is InChI=1S/C59H53N4.Pt/c1-57(2,3)42-32-33-60-55(38-42)63-51-27-16-15-24-49(51)50-31-30-43(37-54(50)63)59(7,8)45-34-44(58(4,5)6)35-46(36-45)61-39-62(53-29-18-17-28-52(53)61)56-47(40-20-11-9-12-21-40)25-19-26-48(56)41-22-13-10-14-23-41;/h9-35,38-39H,1-8H3;/q-3;. The molecule has 0 N–H and O–H groups in total. The van der Waals surface area contributed by atoms with E-state index in [0.29, 0.717) is 0 Å². The van der Waals surface area contributed by atoms with Gasteiger partial charge in [0.05, 0.1) is 0 Å². The molecule has 10 rings (SSSR count). The molecule has 0 spiro atoms. The van der Waals surface area contributed by atoms with Gasteiger partial charge in [0, 0.05) is 61.0 Å². The van der Waals surface area contributed by atoms with E-state index in [4.69, 9.17) is 4.98 Å². The van der Waals surface area contributed by atoms with Gasteiger partial charge in [-0.25, -0.2) is 4.98 Å². The first-order chi connectivity index (χ1) is 30.3. The van der Waals surface area contributed by atoms with Crippen molar-refractivity contribution in [3.8, 4) is 28.1 Å². The third-order valence-electron chi connectivity index (χ3n) is 12.8. The molecule has 0 fully saturated rings. The number of aromatic nitrogens is 2. The van der Waals surface area contributed by atoms with Gasteiger partial charge in [0.1, 0.15) is 5.82 Å². The maximum absolute atomic E-state index is 4.96. The molecule has 9 aromatic rings. The molecule has 2 aromatic heterocycles. The van der Waals surface area contributed by atoms with E-state index in [1.54, 1.807) is 0 Å². The van der Waals surface area contributed by atoms with Gasteiger partial charge in [-0.05, 0) is 68.7 Å². The van der Waals surface area contributed by atoms with Crippen molar-refractivity contribution in [1.29, 1.82) is 0 Å². The first-order valence-electron chi connectivity index (χ1n) is 22.0. The van der Waals surface area contributed by atoms with E-state index in [9.17, 15) is 0 Å². The molecule has 64 heavy (non-hydrogen) atoms. The molecule has 0 atom stereocenters. The van der Waals surface area contributed by atoms with Crippen LogP contribution in [0.2, 0.25) is 0 Å². The Morgan fingerprint density at radius 1 is 0.500 bits per heavy atom. The van der Waals surface area contributed by atoms with Gasteiger partial charge < -0.3 is 14.4 Å². The fourth-order valence-electron chi connectivity index (χ4n) is 9.09. The van der Waals surface area contributed by atoms with E-state index in [-0.39, 0.29) is 31.9 Å². The van der Waals surface area contributed by atoms with Gasteiger partial charge in [-0.15, -0.1) is 23.8 Å². The topological polar surface area (TPSA) is 24.3 Å². The molecule has 1 aliphatic rings. The van der Waals surface area contributed by atoms with Crippen LogP contribution in [0, 0.1) is 18.8 Å². The van der Waals surface area contributed by atoms with Crippen molar-refractivity contribution in [2.24, 2.45) is 0 Å². The van der Waals surface area contributed by atoms with E-state index in [2.05, 4.69) is 252 Å². The van der Waals surface area contributed by atoms with Crippen LogP contribution in [0.1, 0.15) is 77.6 Å². The zero-order chi connectivity index (χ0) is 43.7. The molecule has 0 radical (unpaired) electrons. The fourth-order valence-corrected chi connectivity index (χ4v) is 9.09. The van der Waals surface area contributed by atoms with E-state index < -0.39 is 5.41 Å². The van der Waals surface area contributed by atoms with Gasteiger partial charge in [-0.2, -0.15) is 47.0 Å². The number of hydrogen-bond donors (Lipinski definition) is 0. The van der Waals surface area contributed by atoms with Crippen molar-refractivity contribution < 1.29 is 21.1 Å². The summed E-state index contributed by atoms with van der Waals surface area (Å²) in [5, 5.41) is 2.35. The molecule has 0 aliphatic carbocycles. The molecule has 0 bridgehead atoms. The van der Waals surface area contributed by atoms with E-state index in [1.165, 1.54) is 38.8 Å². The third kappa shape index (κ3) is 7.56. The van der Waals surface area contributed by atoms with Gasteiger partial charge >= 0.3 is 0 Å². The summed E-state index contributed by atoms with van der Waals surface area (Å²) in [6.45, 7) is 20.6. The molecule has 0 unspecified atom stereocenters. The summed E-state index contributed by atoms with van der Waals surface area (Å²) in [5.74, 6) is 0.903. The second kappa shape index (κ2) is 16.4. The number of nitrogens with zero attached hydrogens (tertiary/aromatic N) is 4. The van der Waals surface area contributed by atoms with E-state index in [1.807, 2.05) is 6.20 Å². The number of anilines is 4. The van der Waals surface area contributed by atoms with Crippen molar-refractivity contribution in [3.63, 3.8) is 0 Å². The van der Waals surface area contributed by atoms with Crippen LogP contribution in [0.4, 0.5) is 22.7 Å². The fraction of sp³-hybridized carbons (Fsp3) is 0.186. The van der Waals surface area contributed by atoms with Gasteiger partial charge in [0.25, 0.3) is 0 Å². The smallest absolute Gasteiger partial charge is 0.135 e. The van der Waals surface area contributed by atoms with Crippen molar-refractivity contribution in [2.45, 2.75) is 71.6 Å². The molecule has 3 heterocycles. The first-order valence-corrected chi connectivity index (χ1v) is 22.0. The molecule has 1 aliphatic heterocycles. The summed E-state index contributed by atoms with van der Waals surface area (Å²) in [6, 6.07) is 67.1. The van der Waals surface area contributed by atoms with Crippen LogP contribution >= 0.6 is 0 Å². The van der Waals surface area contributed by atoms with Crippen LogP contribution in [-0.2, 0) is 37.3 Å². The second-order valence-electron chi connectivity index (χ2n) is 19.5. The minimum absolute atomic E-state index is 0. The van der Waals surface area contributed by atoms with E-state index >= 15 is 0 Å². The Hall–Kier alpha value is -6.22. The quantitative estimate of drug-likeness (QED) is 0.149.